The summed E-state index contributed by atoms with van der Waals surface area (Å²) in [5.74, 6) is -2.55. The molecule has 3 aliphatic rings. The fourth-order valence-corrected chi connectivity index (χ4v) is 4.31. The van der Waals surface area contributed by atoms with E-state index in [1.807, 2.05) is 6.92 Å². The first-order valence-electron chi connectivity index (χ1n) is 8.98. The fraction of sp³-hybridized carbons (Fsp3) is 0.882. The monoisotopic (exact) mass is 390 g/mol. The van der Waals surface area contributed by atoms with Gasteiger partial charge in [-0.1, -0.05) is 6.92 Å². The van der Waals surface area contributed by atoms with E-state index in [9.17, 15) is 30.0 Å². The quantitative estimate of drug-likeness (QED) is 0.389. The topological polar surface area (TPSA) is 152 Å². The molecule has 3 fully saturated rings. The van der Waals surface area contributed by atoms with Gasteiger partial charge in [0, 0.05) is 18.3 Å². The Morgan fingerprint density at radius 1 is 1.19 bits per heavy atom. The molecular formula is C17H26O10. The maximum absolute atomic E-state index is 12.4. The van der Waals surface area contributed by atoms with Crippen molar-refractivity contribution in [1.29, 1.82) is 0 Å². The van der Waals surface area contributed by atoms with Crippen LogP contribution in [0.1, 0.15) is 13.3 Å². The second-order valence-electron chi connectivity index (χ2n) is 7.42. The molecule has 10 heteroatoms. The van der Waals surface area contributed by atoms with Crippen LogP contribution in [0.4, 0.5) is 0 Å². The van der Waals surface area contributed by atoms with Crippen LogP contribution in [0.25, 0.3) is 0 Å². The van der Waals surface area contributed by atoms with Gasteiger partial charge in [0.2, 0.25) is 0 Å². The molecule has 0 aromatic carbocycles. The third-order valence-electron chi connectivity index (χ3n) is 5.78. The van der Waals surface area contributed by atoms with E-state index in [4.69, 9.17) is 18.9 Å². The minimum atomic E-state index is -1.58. The van der Waals surface area contributed by atoms with Crippen LogP contribution in [0.15, 0.2) is 0 Å². The van der Waals surface area contributed by atoms with Gasteiger partial charge < -0.3 is 39.4 Å². The summed E-state index contributed by atoms with van der Waals surface area (Å²) in [7, 11) is 1.25. The van der Waals surface area contributed by atoms with Crippen LogP contribution in [0.3, 0.4) is 0 Å². The third kappa shape index (κ3) is 3.63. The Kier molecular flexibility index (Phi) is 6.16. The number of Topliss-reactive ketones (excluding diaryl/α,β-unsaturated/α-hetero) is 1. The molecule has 0 bridgehead atoms. The van der Waals surface area contributed by atoms with Crippen molar-refractivity contribution in [2.75, 3.05) is 20.3 Å². The normalized spacial score (nSPS) is 47.6. The van der Waals surface area contributed by atoms with E-state index < -0.39 is 67.3 Å². The molecular weight excluding hydrogens is 364 g/mol. The summed E-state index contributed by atoms with van der Waals surface area (Å²) >= 11 is 0. The number of hydrogen-bond acceptors (Lipinski definition) is 10. The number of ketones is 1. The Bertz CT molecular complexity index is 566. The van der Waals surface area contributed by atoms with E-state index >= 15 is 0 Å². The largest absolute Gasteiger partial charge is 0.469 e. The molecule has 0 amide bonds. The van der Waals surface area contributed by atoms with Gasteiger partial charge in [0.25, 0.3) is 0 Å². The minimum Gasteiger partial charge on any atom is -0.469 e. The van der Waals surface area contributed by atoms with Crippen molar-refractivity contribution in [1.82, 2.24) is 0 Å². The number of rotatable bonds is 4. The first-order valence-corrected chi connectivity index (χ1v) is 8.98. The second-order valence-corrected chi connectivity index (χ2v) is 7.42. The molecule has 2 aliphatic heterocycles. The molecule has 4 N–H and O–H groups in total. The summed E-state index contributed by atoms with van der Waals surface area (Å²) in [6.07, 6.45) is -7.83. The molecule has 2 heterocycles. The molecule has 5 unspecified atom stereocenters. The summed E-state index contributed by atoms with van der Waals surface area (Å²) in [6.45, 7) is 1.17. The van der Waals surface area contributed by atoms with E-state index in [0.29, 0.717) is 0 Å². The summed E-state index contributed by atoms with van der Waals surface area (Å²) in [4.78, 5) is 24.5. The van der Waals surface area contributed by atoms with Gasteiger partial charge in [-0.3, -0.25) is 9.59 Å². The average molecular weight is 390 g/mol. The Morgan fingerprint density at radius 3 is 2.52 bits per heavy atom. The number of ether oxygens (including phenoxy) is 4. The van der Waals surface area contributed by atoms with Crippen LogP contribution in [0.2, 0.25) is 0 Å². The van der Waals surface area contributed by atoms with Crippen molar-refractivity contribution in [2.45, 2.75) is 50.3 Å². The molecule has 1 aliphatic carbocycles. The van der Waals surface area contributed by atoms with Crippen LogP contribution in [0.5, 0.6) is 0 Å². The second kappa shape index (κ2) is 8.08. The van der Waals surface area contributed by atoms with Gasteiger partial charge >= 0.3 is 5.97 Å². The Morgan fingerprint density at radius 2 is 1.89 bits per heavy atom. The Balaban J connectivity index is 1.77. The first-order chi connectivity index (χ1) is 12.8. The maximum atomic E-state index is 12.4. The SMILES string of the molecule is COC(=O)C1COC(O[C@@H]2O[C@H](CO)[C@@H](O)[C@H](O)[C@H]2O)C2C(C)CC(=O)C12. The lowest BCUT2D eigenvalue weighted by molar-refractivity contribution is -0.354. The zero-order valence-corrected chi connectivity index (χ0v) is 15.1. The molecule has 154 valence electrons. The highest BCUT2D eigenvalue weighted by atomic mass is 16.8. The number of methoxy groups -OCH3 is 1. The summed E-state index contributed by atoms with van der Waals surface area (Å²) in [5.41, 5.74) is 0. The molecule has 10 atom stereocenters. The number of hydrogen-bond donors (Lipinski definition) is 4. The smallest absolute Gasteiger partial charge is 0.311 e. The fourth-order valence-electron chi connectivity index (χ4n) is 4.31. The zero-order chi connectivity index (χ0) is 19.9. The zero-order valence-electron chi connectivity index (χ0n) is 15.1. The highest BCUT2D eigenvalue weighted by molar-refractivity contribution is 5.89. The number of carbonyl (C=O) groups excluding carboxylic acids is 2. The predicted octanol–water partition coefficient (Wildman–Crippen LogP) is -2.21. The highest BCUT2D eigenvalue weighted by Crippen LogP contribution is 2.46. The summed E-state index contributed by atoms with van der Waals surface area (Å²) < 4.78 is 21.5. The lowest BCUT2D eigenvalue weighted by Gasteiger charge is -2.44. The van der Waals surface area contributed by atoms with Gasteiger partial charge in [-0.2, -0.15) is 0 Å². The number of aliphatic hydroxyl groups is 4. The molecule has 1 saturated carbocycles. The number of fused-ring (bicyclic) bond motifs is 1. The van der Waals surface area contributed by atoms with Crippen molar-refractivity contribution in [3.05, 3.63) is 0 Å². The lowest BCUT2D eigenvalue weighted by Crippen LogP contribution is -2.60. The van der Waals surface area contributed by atoms with E-state index in [0.717, 1.165) is 0 Å². The summed E-state index contributed by atoms with van der Waals surface area (Å²) in [5, 5.41) is 39.2. The number of carbonyl (C=O) groups is 2. The van der Waals surface area contributed by atoms with Gasteiger partial charge in [-0.25, -0.2) is 0 Å². The van der Waals surface area contributed by atoms with E-state index in [2.05, 4.69) is 0 Å². The lowest BCUT2D eigenvalue weighted by atomic mass is 9.79. The van der Waals surface area contributed by atoms with Crippen LogP contribution < -0.4 is 0 Å². The molecule has 2 saturated heterocycles. The van der Waals surface area contributed by atoms with Crippen LogP contribution >= 0.6 is 0 Å². The molecule has 27 heavy (non-hydrogen) atoms. The van der Waals surface area contributed by atoms with Crippen molar-refractivity contribution >= 4 is 11.8 Å². The van der Waals surface area contributed by atoms with Crippen LogP contribution in [-0.4, -0.2) is 89.5 Å². The predicted molar refractivity (Wildman–Crippen MR) is 85.9 cm³/mol. The van der Waals surface area contributed by atoms with Crippen LogP contribution in [-0.2, 0) is 28.5 Å². The van der Waals surface area contributed by atoms with Gasteiger partial charge in [0.1, 0.15) is 30.2 Å². The molecule has 0 spiro atoms. The van der Waals surface area contributed by atoms with Gasteiger partial charge in [0.05, 0.1) is 26.2 Å². The van der Waals surface area contributed by atoms with E-state index in [-0.39, 0.29) is 24.7 Å². The molecule has 0 aromatic heterocycles. The average Bonchev–Trinajstić information content (AvgIpc) is 2.96. The van der Waals surface area contributed by atoms with Crippen molar-refractivity contribution in [2.24, 2.45) is 23.7 Å². The first kappa shape index (κ1) is 20.6. The van der Waals surface area contributed by atoms with Crippen LogP contribution in [0, 0.1) is 23.7 Å². The van der Waals surface area contributed by atoms with Crippen molar-refractivity contribution in [3.63, 3.8) is 0 Å². The summed E-state index contributed by atoms with van der Waals surface area (Å²) in [6, 6.07) is 0. The standard InChI is InChI=1S/C17H26O10/c1-6-3-8(19)11-7(15(23)24-2)5-25-16(10(6)11)27-17-14(22)13(21)12(20)9(4-18)26-17/h6-7,9-14,16-18,20-22H,3-5H2,1-2H3/t6?,7?,9-,10?,11?,12-,13+,14-,16?,17+/m1/s1. The Hall–Kier alpha value is -1.14. The van der Waals surface area contributed by atoms with Crippen molar-refractivity contribution in [3.8, 4) is 0 Å². The van der Waals surface area contributed by atoms with Gasteiger partial charge in [0.15, 0.2) is 12.6 Å². The number of esters is 1. The number of aliphatic hydroxyl groups excluding tert-OH is 4. The highest BCUT2D eigenvalue weighted by Gasteiger charge is 2.56. The maximum Gasteiger partial charge on any atom is 0.311 e. The Labute approximate surface area is 156 Å². The minimum absolute atomic E-state index is 0.0754. The van der Waals surface area contributed by atoms with Gasteiger partial charge in [-0.05, 0) is 5.92 Å². The third-order valence-corrected chi connectivity index (χ3v) is 5.78. The molecule has 3 rings (SSSR count). The van der Waals surface area contributed by atoms with Crippen molar-refractivity contribution < 1.29 is 49.0 Å². The molecule has 0 radical (unpaired) electrons. The molecule has 0 aromatic rings. The van der Waals surface area contributed by atoms with E-state index in [1.54, 1.807) is 0 Å². The van der Waals surface area contributed by atoms with E-state index in [1.165, 1.54) is 7.11 Å². The molecule has 10 nitrogen and oxygen atoms in total. The van der Waals surface area contributed by atoms with Gasteiger partial charge in [-0.15, -0.1) is 0 Å².